The summed E-state index contributed by atoms with van der Waals surface area (Å²) in [4.78, 5) is 10.7. The van der Waals surface area contributed by atoms with Gasteiger partial charge in [-0.3, -0.25) is 0 Å². The molecule has 0 bridgehead atoms. The van der Waals surface area contributed by atoms with E-state index in [0.29, 0.717) is 6.54 Å². The lowest BCUT2D eigenvalue weighted by molar-refractivity contribution is 0.794. The maximum absolute atomic E-state index is 4.69. The second-order valence-corrected chi connectivity index (χ2v) is 7.11. The van der Waals surface area contributed by atoms with Gasteiger partial charge in [-0.15, -0.1) is 35.3 Å². The number of hydrogen-bond acceptors (Lipinski definition) is 3. The van der Waals surface area contributed by atoms with Crippen molar-refractivity contribution in [3.05, 3.63) is 51.0 Å². The minimum Gasteiger partial charge on any atom is -0.357 e. The standard InChI is InChI=1S/C19H28N4S.HI/c1-5-17-15(4)24-18(23-17)11-12-21-19(20-6-2)22-13-16-9-7-14(3)8-10-16;/h7-10H,5-6,11-13H2,1-4H3,(H2,20,21,22);1H. The number of nitrogens with one attached hydrogen (secondary N) is 2. The van der Waals surface area contributed by atoms with Crippen molar-refractivity contribution in [1.82, 2.24) is 15.6 Å². The average Bonchev–Trinajstić information content (AvgIpc) is 2.94. The average molecular weight is 472 g/mol. The number of aromatic nitrogens is 1. The Morgan fingerprint density at radius 3 is 2.44 bits per heavy atom. The molecule has 0 radical (unpaired) electrons. The maximum atomic E-state index is 4.69. The highest BCUT2D eigenvalue weighted by atomic mass is 127. The van der Waals surface area contributed by atoms with Crippen LogP contribution in [0.1, 0.15) is 40.6 Å². The fraction of sp³-hybridized carbons (Fsp3) is 0.474. The predicted octanol–water partition coefficient (Wildman–Crippen LogP) is 4.24. The van der Waals surface area contributed by atoms with Gasteiger partial charge in [0.05, 0.1) is 17.2 Å². The van der Waals surface area contributed by atoms with E-state index in [9.17, 15) is 0 Å². The molecule has 1 aromatic heterocycles. The van der Waals surface area contributed by atoms with E-state index in [1.165, 1.54) is 26.7 Å². The largest absolute Gasteiger partial charge is 0.357 e. The van der Waals surface area contributed by atoms with Gasteiger partial charge in [-0.2, -0.15) is 0 Å². The first-order valence-corrected chi connectivity index (χ1v) is 9.47. The van der Waals surface area contributed by atoms with Crippen LogP contribution in [0.15, 0.2) is 29.3 Å². The highest BCUT2D eigenvalue weighted by Crippen LogP contribution is 2.17. The Morgan fingerprint density at radius 2 is 1.84 bits per heavy atom. The van der Waals surface area contributed by atoms with Crippen LogP contribution in [0.2, 0.25) is 0 Å². The number of nitrogens with zero attached hydrogens (tertiary/aromatic N) is 2. The lowest BCUT2D eigenvalue weighted by Gasteiger charge is -2.10. The van der Waals surface area contributed by atoms with Crippen molar-refractivity contribution >= 4 is 41.3 Å². The molecule has 6 heteroatoms. The number of hydrogen-bond donors (Lipinski definition) is 2. The zero-order chi connectivity index (χ0) is 17.4. The fourth-order valence-corrected chi connectivity index (χ4v) is 3.44. The van der Waals surface area contributed by atoms with Crippen molar-refractivity contribution in [3.63, 3.8) is 0 Å². The second kappa shape index (κ2) is 11.5. The van der Waals surface area contributed by atoms with Gasteiger partial charge in [0.25, 0.3) is 0 Å². The van der Waals surface area contributed by atoms with Gasteiger partial charge in [0.2, 0.25) is 0 Å². The van der Waals surface area contributed by atoms with E-state index in [1.807, 2.05) is 0 Å². The molecular weight excluding hydrogens is 443 g/mol. The molecule has 2 rings (SSSR count). The monoisotopic (exact) mass is 472 g/mol. The van der Waals surface area contributed by atoms with Gasteiger partial charge in [-0.25, -0.2) is 9.98 Å². The summed E-state index contributed by atoms with van der Waals surface area (Å²) in [5, 5.41) is 7.90. The van der Waals surface area contributed by atoms with E-state index in [-0.39, 0.29) is 24.0 Å². The number of rotatable bonds is 7. The first kappa shape index (κ1) is 21.9. The van der Waals surface area contributed by atoms with Gasteiger partial charge in [0.15, 0.2) is 5.96 Å². The molecule has 0 amide bonds. The van der Waals surface area contributed by atoms with E-state index in [4.69, 9.17) is 4.98 Å². The molecule has 0 aliphatic rings. The minimum atomic E-state index is 0. The van der Waals surface area contributed by atoms with Crippen molar-refractivity contribution in [2.24, 2.45) is 4.99 Å². The number of halogens is 1. The van der Waals surface area contributed by atoms with Crippen LogP contribution in [0, 0.1) is 13.8 Å². The predicted molar refractivity (Wildman–Crippen MR) is 119 cm³/mol. The van der Waals surface area contributed by atoms with E-state index in [0.717, 1.165) is 31.9 Å². The van der Waals surface area contributed by atoms with Crippen LogP contribution in [-0.4, -0.2) is 24.0 Å². The van der Waals surface area contributed by atoms with Crippen LogP contribution < -0.4 is 10.6 Å². The van der Waals surface area contributed by atoms with Crippen LogP contribution in [-0.2, 0) is 19.4 Å². The molecule has 0 unspecified atom stereocenters. The van der Waals surface area contributed by atoms with Crippen LogP contribution in [0.4, 0.5) is 0 Å². The van der Waals surface area contributed by atoms with Gasteiger partial charge < -0.3 is 10.6 Å². The van der Waals surface area contributed by atoms with E-state index in [1.54, 1.807) is 11.3 Å². The molecule has 4 nitrogen and oxygen atoms in total. The van der Waals surface area contributed by atoms with Crippen molar-refractivity contribution in [2.45, 2.75) is 47.1 Å². The molecule has 2 aromatic rings. The zero-order valence-corrected chi connectivity index (χ0v) is 18.7. The van der Waals surface area contributed by atoms with Crippen molar-refractivity contribution < 1.29 is 0 Å². The summed E-state index contributed by atoms with van der Waals surface area (Å²) >= 11 is 1.80. The molecule has 0 spiro atoms. The summed E-state index contributed by atoms with van der Waals surface area (Å²) in [5.41, 5.74) is 3.73. The smallest absolute Gasteiger partial charge is 0.191 e. The van der Waals surface area contributed by atoms with Gasteiger partial charge in [-0.05, 0) is 32.8 Å². The summed E-state index contributed by atoms with van der Waals surface area (Å²) in [7, 11) is 0. The second-order valence-electron chi connectivity index (χ2n) is 5.82. The number of benzene rings is 1. The molecule has 0 saturated carbocycles. The third-order valence-electron chi connectivity index (χ3n) is 3.79. The van der Waals surface area contributed by atoms with Crippen LogP contribution in [0.25, 0.3) is 0 Å². The Kier molecular flexibility index (Phi) is 10.0. The first-order chi connectivity index (χ1) is 11.6. The molecule has 0 saturated heterocycles. The summed E-state index contributed by atoms with van der Waals surface area (Å²) in [5.74, 6) is 0.863. The maximum Gasteiger partial charge on any atom is 0.191 e. The normalized spacial score (nSPS) is 11.1. The van der Waals surface area contributed by atoms with Crippen LogP contribution >= 0.6 is 35.3 Å². The lowest BCUT2D eigenvalue weighted by atomic mass is 10.1. The number of guanidine groups is 1. The number of aryl methyl sites for hydroxylation is 3. The minimum absolute atomic E-state index is 0. The summed E-state index contributed by atoms with van der Waals surface area (Å²) in [6.07, 6.45) is 1.94. The number of thiazole rings is 1. The van der Waals surface area contributed by atoms with E-state index < -0.39 is 0 Å². The number of aliphatic imine (C=N–C) groups is 1. The molecule has 138 valence electrons. The summed E-state index contributed by atoms with van der Waals surface area (Å²) < 4.78 is 0. The van der Waals surface area contributed by atoms with Gasteiger partial charge >= 0.3 is 0 Å². The third-order valence-corrected chi connectivity index (χ3v) is 4.86. The topological polar surface area (TPSA) is 49.3 Å². The highest BCUT2D eigenvalue weighted by Gasteiger charge is 2.06. The Hall–Kier alpha value is -1.15. The SMILES string of the molecule is CCNC(=NCc1ccc(C)cc1)NCCc1nc(CC)c(C)s1.I. The molecule has 1 heterocycles. The molecule has 0 fully saturated rings. The molecule has 1 aromatic carbocycles. The Labute approximate surface area is 172 Å². The molecule has 0 atom stereocenters. The van der Waals surface area contributed by atoms with Crippen molar-refractivity contribution in [2.75, 3.05) is 13.1 Å². The van der Waals surface area contributed by atoms with Gasteiger partial charge in [0, 0.05) is 24.4 Å². The summed E-state index contributed by atoms with van der Waals surface area (Å²) in [6.45, 7) is 10.9. The fourth-order valence-electron chi connectivity index (χ4n) is 2.42. The van der Waals surface area contributed by atoms with Gasteiger partial charge in [0.1, 0.15) is 0 Å². The molecule has 0 aliphatic heterocycles. The van der Waals surface area contributed by atoms with Gasteiger partial charge in [-0.1, -0.05) is 36.8 Å². The lowest BCUT2D eigenvalue weighted by Crippen LogP contribution is -2.38. The van der Waals surface area contributed by atoms with E-state index >= 15 is 0 Å². The molecule has 0 aliphatic carbocycles. The third kappa shape index (κ3) is 7.32. The van der Waals surface area contributed by atoms with Crippen LogP contribution in [0.3, 0.4) is 0 Å². The Bertz CT molecular complexity index is 665. The molecular formula is C19H29IN4S. The zero-order valence-electron chi connectivity index (χ0n) is 15.6. The Balaban J connectivity index is 0.00000312. The van der Waals surface area contributed by atoms with Crippen LogP contribution in [0.5, 0.6) is 0 Å². The summed E-state index contributed by atoms with van der Waals surface area (Å²) in [6, 6.07) is 8.52. The molecule has 2 N–H and O–H groups in total. The quantitative estimate of drug-likeness (QED) is 0.360. The van der Waals surface area contributed by atoms with Crippen molar-refractivity contribution in [1.29, 1.82) is 0 Å². The Morgan fingerprint density at radius 1 is 1.12 bits per heavy atom. The molecule has 25 heavy (non-hydrogen) atoms. The van der Waals surface area contributed by atoms with Crippen molar-refractivity contribution in [3.8, 4) is 0 Å². The first-order valence-electron chi connectivity index (χ1n) is 8.65. The highest BCUT2D eigenvalue weighted by molar-refractivity contribution is 14.0. The van der Waals surface area contributed by atoms with E-state index in [2.05, 4.69) is 67.6 Å².